The van der Waals surface area contributed by atoms with Crippen molar-refractivity contribution >= 4 is 65.4 Å². The minimum atomic E-state index is -0.491. The number of hydroxylamine groups is 2. The lowest BCUT2D eigenvalue weighted by molar-refractivity contribution is -0.0758. The van der Waals surface area contributed by atoms with Crippen molar-refractivity contribution < 1.29 is 14.4 Å². The Morgan fingerprint density at radius 2 is 1.20 bits per heavy atom. The summed E-state index contributed by atoms with van der Waals surface area (Å²) < 4.78 is 5.20. The molecule has 0 bridgehead atoms. The highest BCUT2D eigenvalue weighted by Crippen LogP contribution is 2.18. The minimum absolute atomic E-state index is 0.0537. The van der Waals surface area contributed by atoms with Crippen molar-refractivity contribution in [1.82, 2.24) is 29.1 Å². The molecule has 13 heteroatoms. The Kier molecular flexibility index (Phi) is 11.7. The zero-order chi connectivity index (χ0) is 38.5. The monoisotopic (exact) mass is 848 g/mol. The first-order valence-electron chi connectivity index (χ1n) is 16.7. The highest BCUT2D eigenvalue weighted by molar-refractivity contribution is 9.10. The molecule has 7 rings (SSSR count). The fourth-order valence-corrected chi connectivity index (χ4v) is 6.59. The highest BCUT2D eigenvalue weighted by atomic mass is 79.9. The van der Waals surface area contributed by atoms with Crippen LogP contribution in [-0.4, -0.2) is 55.0 Å². The Morgan fingerprint density at radius 1 is 0.704 bits per heavy atom. The first-order chi connectivity index (χ1) is 25.9. The number of amides is 1. The largest absolute Gasteiger partial charge is 0.340 e. The van der Waals surface area contributed by atoms with Gasteiger partial charge in [0.1, 0.15) is 20.5 Å². The second-order valence-corrected chi connectivity index (χ2v) is 14.0. The lowest BCUT2D eigenvalue weighted by Crippen LogP contribution is -2.31. The topological polar surface area (TPSA) is 129 Å². The minimum Gasteiger partial charge on any atom is -0.340 e. The van der Waals surface area contributed by atoms with E-state index in [4.69, 9.17) is 4.84 Å². The first-order valence-corrected chi connectivity index (χ1v) is 18.3. The van der Waals surface area contributed by atoms with Crippen molar-refractivity contribution in [2.24, 2.45) is 0 Å². The third-order valence-corrected chi connectivity index (χ3v) is 9.71. The van der Waals surface area contributed by atoms with Crippen LogP contribution in [0.1, 0.15) is 48.9 Å². The summed E-state index contributed by atoms with van der Waals surface area (Å²) in [6.07, 6.45) is 4.84. The van der Waals surface area contributed by atoms with Gasteiger partial charge >= 0.3 is 0 Å². The summed E-state index contributed by atoms with van der Waals surface area (Å²) >= 11 is 6.74. The van der Waals surface area contributed by atoms with Crippen LogP contribution < -0.4 is 10.9 Å². The van der Waals surface area contributed by atoms with E-state index in [1.807, 2.05) is 83.6 Å². The summed E-state index contributed by atoms with van der Waals surface area (Å²) in [5.41, 5.74) is 4.90. The molecule has 0 unspecified atom stereocenters. The molecule has 1 amide bonds. The molecule has 54 heavy (non-hydrogen) atoms. The van der Waals surface area contributed by atoms with Gasteiger partial charge in [0.2, 0.25) is 16.6 Å². The third-order valence-electron chi connectivity index (χ3n) is 8.83. The molecular weight excluding hydrogens is 816 g/mol. The van der Waals surface area contributed by atoms with Gasteiger partial charge in [-0.25, -0.2) is 15.0 Å². The number of rotatable bonds is 8. The number of pyridine rings is 5. The molecule has 11 nitrogen and oxygen atoms in total. The number of aryl methyl sites for hydroxylation is 2. The molecule has 0 N–H and O–H groups in total. The Hall–Kier alpha value is -5.63. The van der Waals surface area contributed by atoms with Gasteiger partial charge in [0.25, 0.3) is 5.91 Å². The van der Waals surface area contributed by atoms with E-state index >= 15 is 0 Å². The summed E-state index contributed by atoms with van der Waals surface area (Å²) in [5, 5.41) is 2.01. The molecule has 0 aliphatic carbocycles. The Labute approximate surface area is 327 Å². The molecular formula is C41H34Br2N6O5. The molecule has 0 aliphatic heterocycles. The molecule has 2 aromatic carbocycles. The van der Waals surface area contributed by atoms with Gasteiger partial charge in [-0.1, -0.05) is 36.4 Å². The SMILES string of the molecule is CON(C)C(=O)c1cn(Cc2cccc(Br)n2)c2ccccc2c1=O.Cc1cnc(C(=O)c2cn(Cc3cccc(Br)n3)c3ccccc3c2=O)cc1C. The Morgan fingerprint density at radius 3 is 1.70 bits per heavy atom. The van der Waals surface area contributed by atoms with Gasteiger partial charge in [0, 0.05) is 36.4 Å². The van der Waals surface area contributed by atoms with E-state index in [2.05, 4.69) is 46.8 Å². The molecule has 0 atom stereocenters. The van der Waals surface area contributed by atoms with E-state index in [0.717, 1.165) is 47.8 Å². The second-order valence-electron chi connectivity index (χ2n) is 12.4. The van der Waals surface area contributed by atoms with Gasteiger partial charge in [0.05, 0.1) is 48.2 Å². The lowest BCUT2D eigenvalue weighted by Gasteiger charge is -2.16. The van der Waals surface area contributed by atoms with Crippen LogP contribution in [0.25, 0.3) is 21.8 Å². The molecule has 5 aromatic heterocycles. The number of benzene rings is 2. The van der Waals surface area contributed by atoms with Gasteiger partial charge < -0.3 is 9.13 Å². The second kappa shape index (κ2) is 16.6. The van der Waals surface area contributed by atoms with Gasteiger partial charge in [-0.2, -0.15) is 0 Å². The molecule has 272 valence electrons. The van der Waals surface area contributed by atoms with Crippen molar-refractivity contribution in [3.8, 4) is 0 Å². The number of nitrogens with zero attached hydrogens (tertiary/aromatic N) is 6. The zero-order valence-corrected chi connectivity index (χ0v) is 33.0. The maximum atomic E-state index is 13.1. The summed E-state index contributed by atoms with van der Waals surface area (Å²) in [4.78, 5) is 69.4. The fourth-order valence-electron chi connectivity index (χ4n) is 5.83. The third kappa shape index (κ3) is 8.28. The van der Waals surface area contributed by atoms with E-state index in [1.165, 1.54) is 14.2 Å². The van der Waals surface area contributed by atoms with Gasteiger partial charge in [-0.05, 0) is 111 Å². The smallest absolute Gasteiger partial charge is 0.282 e. The molecule has 7 aromatic rings. The van der Waals surface area contributed by atoms with Gasteiger partial charge in [-0.15, -0.1) is 0 Å². The summed E-state index contributed by atoms with van der Waals surface area (Å²) in [7, 11) is 2.85. The van der Waals surface area contributed by atoms with E-state index in [1.54, 1.807) is 48.9 Å². The molecule has 5 heterocycles. The zero-order valence-electron chi connectivity index (χ0n) is 29.8. The fraction of sp³-hybridized carbons (Fsp3) is 0.146. The van der Waals surface area contributed by atoms with E-state index in [-0.39, 0.29) is 33.5 Å². The van der Waals surface area contributed by atoms with E-state index in [9.17, 15) is 19.2 Å². The number of carbonyl (C=O) groups is 2. The van der Waals surface area contributed by atoms with Crippen LogP contribution in [-0.2, 0) is 17.9 Å². The number of fused-ring (bicyclic) bond motifs is 2. The van der Waals surface area contributed by atoms with Crippen molar-refractivity contribution in [2.75, 3.05) is 14.2 Å². The average Bonchev–Trinajstić information content (AvgIpc) is 3.17. The maximum Gasteiger partial charge on any atom is 0.282 e. The highest BCUT2D eigenvalue weighted by Gasteiger charge is 2.20. The number of aromatic nitrogens is 5. The average molecular weight is 851 g/mol. The van der Waals surface area contributed by atoms with Crippen LogP contribution in [0.2, 0.25) is 0 Å². The van der Waals surface area contributed by atoms with Crippen molar-refractivity contribution in [3.63, 3.8) is 0 Å². The normalized spacial score (nSPS) is 10.9. The molecule has 0 saturated heterocycles. The van der Waals surface area contributed by atoms with Crippen LogP contribution in [0.3, 0.4) is 0 Å². The summed E-state index contributed by atoms with van der Waals surface area (Å²) in [6, 6.07) is 27.5. The number of para-hydroxylation sites is 2. The predicted octanol–water partition coefficient (Wildman–Crippen LogP) is 7.29. The standard InChI is InChI=1S/C23H18BrN3O2.C18H16BrN3O3/c1-14-10-19(25-11-15(14)2)23(29)18-13-27(12-16-6-5-9-21(24)26-16)20-8-4-3-7-17(20)22(18)28;1-21(25-2)18(24)14-11-22(10-12-6-5-9-16(19)20-12)15-8-4-3-7-13(15)17(14)23/h3-11,13H,12H2,1-2H3;3-9,11H,10H2,1-2H3. The van der Waals surface area contributed by atoms with Gasteiger partial charge in [-0.3, -0.25) is 29.0 Å². The number of ketones is 1. The number of halogens is 2. The quantitative estimate of drug-likeness (QED) is 0.0887. The van der Waals surface area contributed by atoms with Crippen LogP contribution in [0.15, 0.2) is 128 Å². The van der Waals surface area contributed by atoms with Crippen molar-refractivity contribution in [3.05, 3.63) is 179 Å². The summed E-state index contributed by atoms with van der Waals surface area (Å²) in [6.45, 7) is 4.72. The van der Waals surface area contributed by atoms with Crippen LogP contribution in [0.5, 0.6) is 0 Å². The molecule has 0 fully saturated rings. The Bertz CT molecular complexity index is 2680. The maximum absolute atomic E-state index is 13.1. The molecule has 0 aliphatic rings. The van der Waals surface area contributed by atoms with E-state index < -0.39 is 5.91 Å². The summed E-state index contributed by atoms with van der Waals surface area (Å²) in [5.74, 6) is -0.867. The molecule has 0 spiro atoms. The lowest BCUT2D eigenvalue weighted by atomic mass is 10.0. The van der Waals surface area contributed by atoms with E-state index in [0.29, 0.717) is 23.9 Å². The van der Waals surface area contributed by atoms with Gasteiger partial charge in [0.15, 0.2) is 0 Å². The van der Waals surface area contributed by atoms with Crippen LogP contribution in [0.4, 0.5) is 0 Å². The van der Waals surface area contributed by atoms with Crippen molar-refractivity contribution in [2.45, 2.75) is 26.9 Å². The van der Waals surface area contributed by atoms with Crippen LogP contribution >= 0.6 is 31.9 Å². The first kappa shape index (κ1) is 38.1. The van der Waals surface area contributed by atoms with Crippen molar-refractivity contribution in [1.29, 1.82) is 0 Å². The Balaban J connectivity index is 0.000000186. The number of carbonyl (C=O) groups excluding carboxylic acids is 2. The van der Waals surface area contributed by atoms with Crippen LogP contribution in [0, 0.1) is 13.8 Å². The number of hydrogen-bond donors (Lipinski definition) is 0. The molecule has 0 saturated carbocycles. The predicted molar refractivity (Wildman–Crippen MR) is 215 cm³/mol. The number of hydrogen-bond acceptors (Lipinski definition) is 8. The molecule has 0 radical (unpaired) electrons.